The van der Waals surface area contributed by atoms with E-state index in [9.17, 15) is 13.2 Å². The second-order valence-electron chi connectivity index (χ2n) is 6.51. The fourth-order valence-electron chi connectivity index (χ4n) is 3.12. The van der Waals surface area contributed by atoms with Crippen molar-refractivity contribution >= 4 is 16.0 Å². The third kappa shape index (κ3) is 4.39. The standard InChI is InChI=1S/C20H21N3O4S/c1-27-20(24)18-3-2-4-19(13-18)28(25,26)23-11-9-22(10-12-23)15-17-7-5-16(14-21)6-8-17/h2-8,13H,9-12,15H2,1H3. The first kappa shape index (κ1) is 20.0. The number of hydrogen-bond donors (Lipinski definition) is 0. The molecule has 0 bridgehead atoms. The zero-order valence-electron chi connectivity index (χ0n) is 15.5. The molecular weight excluding hydrogens is 378 g/mol. The summed E-state index contributed by atoms with van der Waals surface area (Å²) in [5.41, 5.74) is 1.91. The Labute approximate surface area is 164 Å². The van der Waals surface area contributed by atoms with E-state index in [0.717, 1.165) is 5.56 Å². The smallest absolute Gasteiger partial charge is 0.337 e. The molecule has 1 heterocycles. The zero-order chi connectivity index (χ0) is 20.1. The number of nitrogens with zero attached hydrogens (tertiary/aromatic N) is 3. The highest BCUT2D eigenvalue weighted by molar-refractivity contribution is 7.89. The van der Waals surface area contributed by atoms with Gasteiger partial charge in [0, 0.05) is 32.7 Å². The lowest BCUT2D eigenvalue weighted by molar-refractivity contribution is 0.0600. The maximum atomic E-state index is 12.9. The van der Waals surface area contributed by atoms with Gasteiger partial charge in [0.15, 0.2) is 0 Å². The molecule has 1 aliphatic heterocycles. The van der Waals surface area contributed by atoms with Gasteiger partial charge in [0.2, 0.25) is 10.0 Å². The molecule has 0 atom stereocenters. The summed E-state index contributed by atoms with van der Waals surface area (Å²) >= 11 is 0. The van der Waals surface area contributed by atoms with Crippen molar-refractivity contribution in [2.75, 3.05) is 33.3 Å². The minimum Gasteiger partial charge on any atom is -0.465 e. The van der Waals surface area contributed by atoms with Gasteiger partial charge < -0.3 is 4.74 Å². The van der Waals surface area contributed by atoms with Gasteiger partial charge in [-0.2, -0.15) is 9.57 Å². The molecule has 1 aliphatic rings. The SMILES string of the molecule is COC(=O)c1cccc(S(=O)(=O)N2CCN(Cc3ccc(C#N)cc3)CC2)c1. The molecule has 0 radical (unpaired) electrons. The van der Waals surface area contributed by atoms with Gasteiger partial charge in [-0.3, -0.25) is 4.90 Å². The van der Waals surface area contributed by atoms with Crippen LogP contribution < -0.4 is 0 Å². The van der Waals surface area contributed by atoms with Gasteiger partial charge in [-0.15, -0.1) is 0 Å². The Bertz CT molecular complexity index is 989. The summed E-state index contributed by atoms with van der Waals surface area (Å²) in [6, 6.07) is 15.4. The third-order valence-corrected chi connectivity index (χ3v) is 6.61. The molecule has 2 aromatic rings. The van der Waals surface area contributed by atoms with Crippen LogP contribution >= 0.6 is 0 Å². The Morgan fingerprint density at radius 2 is 1.79 bits per heavy atom. The second kappa shape index (κ2) is 8.52. The minimum atomic E-state index is -3.67. The number of hydrogen-bond acceptors (Lipinski definition) is 6. The summed E-state index contributed by atoms with van der Waals surface area (Å²) in [6.45, 7) is 2.67. The number of piperazine rings is 1. The Kier molecular flexibility index (Phi) is 6.09. The number of carbonyl (C=O) groups excluding carboxylic acids is 1. The summed E-state index contributed by atoms with van der Waals surface area (Å²) in [5.74, 6) is -0.565. The van der Waals surface area contributed by atoms with Gasteiger partial charge >= 0.3 is 5.97 Å². The first-order chi connectivity index (χ1) is 13.4. The Morgan fingerprint density at radius 1 is 1.11 bits per heavy atom. The topological polar surface area (TPSA) is 90.7 Å². The molecule has 146 valence electrons. The number of ether oxygens (including phenoxy) is 1. The van der Waals surface area contributed by atoms with Crippen LogP contribution in [0.5, 0.6) is 0 Å². The maximum Gasteiger partial charge on any atom is 0.337 e. The van der Waals surface area contributed by atoms with Gasteiger partial charge in [-0.1, -0.05) is 18.2 Å². The van der Waals surface area contributed by atoms with Crippen LogP contribution in [0.4, 0.5) is 0 Å². The van der Waals surface area contributed by atoms with Crippen molar-refractivity contribution in [2.24, 2.45) is 0 Å². The van der Waals surface area contributed by atoms with Crippen LogP contribution in [0.15, 0.2) is 53.4 Å². The van der Waals surface area contributed by atoms with Crippen molar-refractivity contribution < 1.29 is 17.9 Å². The summed E-state index contributed by atoms with van der Waals surface area (Å²) in [6.07, 6.45) is 0. The summed E-state index contributed by atoms with van der Waals surface area (Å²) in [5, 5.41) is 8.86. The number of methoxy groups -OCH3 is 1. The first-order valence-electron chi connectivity index (χ1n) is 8.84. The monoisotopic (exact) mass is 399 g/mol. The van der Waals surface area contributed by atoms with E-state index in [4.69, 9.17) is 5.26 Å². The van der Waals surface area contributed by atoms with Gasteiger partial charge in [0.25, 0.3) is 0 Å². The van der Waals surface area contributed by atoms with E-state index < -0.39 is 16.0 Å². The highest BCUT2D eigenvalue weighted by atomic mass is 32.2. The van der Waals surface area contributed by atoms with E-state index in [1.54, 1.807) is 18.2 Å². The largest absolute Gasteiger partial charge is 0.465 e. The van der Waals surface area contributed by atoms with E-state index in [-0.39, 0.29) is 10.5 Å². The molecule has 0 aromatic heterocycles. The van der Waals surface area contributed by atoms with Gasteiger partial charge in [0.05, 0.1) is 29.2 Å². The number of sulfonamides is 1. The molecule has 0 saturated carbocycles. The van der Waals surface area contributed by atoms with Gasteiger partial charge in [0.1, 0.15) is 0 Å². The van der Waals surface area contributed by atoms with E-state index in [2.05, 4.69) is 15.7 Å². The van der Waals surface area contributed by atoms with Crippen LogP contribution in [0.1, 0.15) is 21.5 Å². The van der Waals surface area contributed by atoms with Crippen LogP contribution in [0, 0.1) is 11.3 Å². The normalized spacial score (nSPS) is 15.7. The first-order valence-corrected chi connectivity index (χ1v) is 10.3. The second-order valence-corrected chi connectivity index (χ2v) is 8.45. The van der Waals surface area contributed by atoms with Crippen LogP contribution in [-0.2, 0) is 21.3 Å². The molecule has 0 spiro atoms. The van der Waals surface area contributed by atoms with Gasteiger partial charge in [-0.05, 0) is 35.9 Å². The molecule has 3 rings (SSSR count). The third-order valence-electron chi connectivity index (χ3n) is 4.71. The highest BCUT2D eigenvalue weighted by Gasteiger charge is 2.29. The van der Waals surface area contributed by atoms with Crippen LogP contribution in [0.3, 0.4) is 0 Å². The molecule has 8 heteroatoms. The van der Waals surface area contributed by atoms with Crippen LogP contribution in [0.25, 0.3) is 0 Å². The van der Waals surface area contributed by atoms with Crippen molar-refractivity contribution in [1.29, 1.82) is 5.26 Å². The lowest BCUT2D eigenvalue weighted by Crippen LogP contribution is -2.48. The Balaban J connectivity index is 1.65. The minimum absolute atomic E-state index is 0.0935. The molecule has 1 fully saturated rings. The summed E-state index contributed by atoms with van der Waals surface area (Å²) in [4.78, 5) is 13.9. The van der Waals surface area contributed by atoms with E-state index in [0.29, 0.717) is 38.3 Å². The lowest BCUT2D eigenvalue weighted by atomic mass is 10.1. The summed E-state index contributed by atoms with van der Waals surface area (Å²) in [7, 11) is -2.41. The van der Waals surface area contributed by atoms with E-state index in [1.165, 1.54) is 29.6 Å². The van der Waals surface area contributed by atoms with Crippen molar-refractivity contribution in [1.82, 2.24) is 9.21 Å². The molecule has 28 heavy (non-hydrogen) atoms. The fraction of sp³-hybridized carbons (Fsp3) is 0.300. The molecular formula is C20H21N3O4S. The molecule has 0 unspecified atom stereocenters. The average Bonchev–Trinajstić information content (AvgIpc) is 2.74. The molecule has 2 aromatic carbocycles. The predicted molar refractivity (Wildman–Crippen MR) is 103 cm³/mol. The maximum absolute atomic E-state index is 12.9. The van der Waals surface area contributed by atoms with E-state index >= 15 is 0 Å². The zero-order valence-corrected chi connectivity index (χ0v) is 16.4. The number of carbonyl (C=O) groups is 1. The number of nitriles is 1. The molecule has 1 saturated heterocycles. The van der Waals surface area contributed by atoms with Crippen molar-refractivity contribution in [2.45, 2.75) is 11.4 Å². The van der Waals surface area contributed by atoms with Crippen molar-refractivity contribution in [3.8, 4) is 6.07 Å². The molecule has 0 amide bonds. The van der Waals surface area contributed by atoms with Gasteiger partial charge in [-0.25, -0.2) is 13.2 Å². The predicted octanol–water partition coefficient (Wildman–Crippen LogP) is 1.85. The van der Waals surface area contributed by atoms with Crippen molar-refractivity contribution in [3.05, 3.63) is 65.2 Å². The van der Waals surface area contributed by atoms with Crippen molar-refractivity contribution in [3.63, 3.8) is 0 Å². The summed E-state index contributed by atoms with van der Waals surface area (Å²) < 4.78 is 31.9. The Hall–Kier alpha value is -2.73. The number of esters is 1. The molecule has 0 aliphatic carbocycles. The fourth-order valence-corrected chi connectivity index (χ4v) is 4.59. The van der Waals surface area contributed by atoms with Crippen LogP contribution in [-0.4, -0.2) is 56.9 Å². The lowest BCUT2D eigenvalue weighted by Gasteiger charge is -2.34. The number of benzene rings is 2. The molecule has 7 nitrogen and oxygen atoms in total. The number of rotatable bonds is 5. The highest BCUT2D eigenvalue weighted by Crippen LogP contribution is 2.20. The average molecular weight is 399 g/mol. The van der Waals surface area contributed by atoms with E-state index in [1.807, 2.05) is 12.1 Å². The van der Waals surface area contributed by atoms with Crippen LogP contribution in [0.2, 0.25) is 0 Å². The Morgan fingerprint density at radius 3 is 2.39 bits per heavy atom. The quantitative estimate of drug-likeness (QED) is 0.713. The molecule has 0 N–H and O–H groups in total.